The fourth-order valence-corrected chi connectivity index (χ4v) is 4.50. The predicted molar refractivity (Wildman–Crippen MR) is 101 cm³/mol. The molecule has 2 aliphatic heterocycles. The normalized spacial score (nSPS) is 19.4. The first-order valence-corrected chi connectivity index (χ1v) is 9.91. The number of thiophene rings is 1. The fraction of sp³-hybridized carbons (Fsp3) is 0.350. The van der Waals surface area contributed by atoms with Gasteiger partial charge in [-0.15, -0.1) is 11.3 Å². The van der Waals surface area contributed by atoms with Crippen LogP contribution in [0.15, 0.2) is 29.6 Å². The topological polar surface area (TPSA) is 75.7 Å². The molecule has 1 fully saturated rings. The lowest BCUT2D eigenvalue weighted by atomic mass is 10.1. The van der Waals surface area contributed by atoms with Crippen LogP contribution >= 0.6 is 11.3 Å². The molecule has 3 heterocycles. The highest BCUT2D eigenvalue weighted by molar-refractivity contribution is 7.10. The SMILES string of the molecule is O=Cc1ccc(OCc2scc3c2CN(C2CCCCNC2=O)C3=O)cc1. The molecule has 140 valence electrons. The predicted octanol–water partition coefficient (Wildman–Crippen LogP) is 2.76. The Morgan fingerprint density at radius 2 is 2.04 bits per heavy atom. The molecule has 0 bridgehead atoms. The smallest absolute Gasteiger partial charge is 0.256 e. The van der Waals surface area contributed by atoms with E-state index in [4.69, 9.17) is 4.74 Å². The Balaban J connectivity index is 1.47. The number of carbonyl (C=O) groups is 3. The highest BCUT2D eigenvalue weighted by Gasteiger charge is 2.38. The summed E-state index contributed by atoms with van der Waals surface area (Å²) in [7, 11) is 0. The van der Waals surface area contributed by atoms with Gasteiger partial charge >= 0.3 is 0 Å². The summed E-state index contributed by atoms with van der Waals surface area (Å²) in [5, 5.41) is 4.76. The van der Waals surface area contributed by atoms with E-state index in [1.54, 1.807) is 29.2 Å². The molecule has 2 aliphatic rings. The molecule has 6 nitrogen and oxygen atoms in total. The number of rotatable bonds is 5. The number of ether oxygens (including phenoxy) is 1. The van der Waals surface area contributed by atoms with Crippen molar-refractivity contribution in [2.75, 3.05) is 6.54 Å². The minimum absolute atomic E-state index is 0.0530. The summed E-state index contributed by atoms with van der Waals surface area (Å²) < 4.78 is 5.82. The lowest BCUT2D eigenvalue weighted by Crippen LogP contribution is -2.45. The summed E-state index contributed by atoms with van der Waals surface area (Å²) in [6.07, 6.45) is 3.39. The first-order chi connectivity index (χ1) is 13.2. The minimum atomic E-state index is -0.387. The van der Waals surface area contributed by atoms with Gasteiger partial charge in [-0.25, -0.2) is 0 Å². The Morgan fingerprint density at radius 3 is 2.81 bits per heavy atom. The molecule has 1 aromatic carbocycles. The third-order valence-corrected chi connectivity index (χ3v) is 6.07. The highest BCUT2D eigenvalue weighted by Crippen LogP contribution is 2.34. The number of fused-ring (bicyclic) bond motifs is 1. The molecule has 1 N–H and O–H groups in total. The number of benzene rings is 1. The van der Waals surface area contributed by atoms with Crippen LogP contribution in [0.5, 0.6) is 5.75 Å². The summed E-state index contributed by atoms with van der Waals surface area (Å²) in [6, 6.07) is 6.53. The van der Waals surface area contributed by atoms with Gasteiger partial charge in [0, 0.05) is 34.5 Å². The van der Waals surface area contributed by atoms with E-state index in [1.165, 1.54) is 11.3 Å². The largest absolute Gasteiger partial charge is 0.488 e. The van der Waals surface area contributed by atoms with Crippen molar-refractivity contribution in [1.29, 1.82) is 0 Å². The van der Waals surface area contributed by atoms with Crippen LogP contribution in [0, 0.1) is 0 Å². The van der Waals surface area contributed by atoms with Crippen LogP contribution in [0.1, 0.15) is 50.4 Å². The van der Waals surface area contributed by atoms with E-state index in [2.05, 4.69) is 5.32 Å². The van der Waals surface area contributed by atoms with Crippen molar-refractivity contribution in [3.05, 3.63) is 51.2 Å². The number of carbonyl (C=O) groups excluding carboxylic acids is 3. The van der Waals surface area contributed by atoms with Crippen LogP contribution < -0.4 is 10.1 Å². The van der Waals surface area contributed by atoms with Crippen molar-refractivity contribution >= 4 is 29.4 Å². The molecule has 2 aromatic rings. The van der Waals surface area contributed by atoms with Gasteiger partial charge in [0.1, 0.15) is 24.7 Å². The first kappa shape index (κ1) is 17.7. The van der Waals surface area contributed by atoms with Crippen molar-refractivity contribution in [2.45, 2.75) is 38.5 Å². The van der Waals surface area contributed by atoms with Gasteiger partial charge < -0.3 is 15.0 Å². The van der Waals surface area contributed by atoms with E-state index in [-0.39, 0.29) is 17.9 Å². The lowest BCUT2D eigenvalue weighted by Gasteiger charge is -2.25. The van der Waals surface area contributed by atoms with Crippen molar-refractivity contribution in [3.63, 3.8) is 0 Å². The number of aldehydes is 1. The molecule has 1 unspecified atom stereocenters. The third kappa shape index (κ3) is 3.47. The molecule has 1 saturated heterocycles. The Kier molecular flexibility index (Phi) is 4.94. The molecule has 0 radical (unpaired) electrons. The number of amides is 2. The van der Waals surface area contributed by atoms with E-state index >= 15 is 0 Å². The summed E-state index contributed by atoms with van der Waals surface area (Å²) in [4.78, 5) is 38.5. The Hall–Kier alpha value is -2.67. The maximum Gasteiger partial charge on any atom is 0.256 e. The van der Waals surface area contributed by atoms with E-state index in [9.17, 15) is 14.4 Å². The van der Waals surface area contributed by atoms with Gasteiger partial charge in [-0.05, 0) is 43.5 Å². The van der Waals surface area contributed by atoms with E-state index in [1.807, 2.05) is 5.38 Å². The van der Waals surface area contributed by atoms with Crippen LogP contribution in [0.3, 0.4) is 0 Å². The number of hydrogen-bond acceptors (Lipinski definition) is 5. The Bertz CT molecular complexity index is 875. The van der Waals surface area contributed by atoms with Gasteiger partial charge in [-0.1, -0.05) is 0 Å². The van der Waals surface area contributed by atoms with Gasteiger partial charge in [0.25, 0.3) is 5.91 Å². The molecule has 2 amide bonds. The van der Waals surface area contributed by atoms with Gasteiger partial charge in [-0.2, -0.15) is 0 Å². The molecule has 1 aromatic heterocycles. The summed E-state index contributed by atoms with van der Waals surface area (Å²) in [5.41, 5.74) is 2.25. The quantitative estimate of drug-likeness (QED) is 0.805. The molecular weight excluding hydrogens is 364 g/mol. The Labute approximate surface area is 161 Å². The highest BCUT2D eigenvalue weighted by atomic mass is 32.1. The van der Waals surface area contributed by atoms with Crippen LogP contribution in [-0.2, 0) is 17.9 Å². The number of nitrogens with zero attached hydrogens (tertiary/aromatic N) is 1. The van der Waals surface area contributed by atoms with Crippen LogP contribution in [0.25, 0.3) is 0 Å². The van der Waals surface area contributed by atoms with Gasteiger partial charge in [0.2, 0.25) is 5.91 Å². The van der Waals surface area contributed by atoms with Gasteiger partial charge in [-0.3, -0.25) is 14.4 Å². The third-order valence-electron chi connectivity index (χ3n) is 5.07. The summed E-state index contributed by atoms with van der Waals surface area (Å²) >= 11 is 1.51. The molecular formula is C20H20N2O4S. The molecule has 0 spiro atoms. The number of hydrogen-bond donors (Lipinski definition) is 1. The molecule has 0 saturated carbocycles. The van der Waals surface area contributed by atoms with E-state index in [0.29, 0.717) is 43.0 Å². The average molecular weight is 384 g/mol. The summed E-state index contributed by atoms with van der Waals surface area (Å²) in [6.45, 7) is 1.50. The molecule has 4 rings (SSSR count). The van der Waals surface area contributed by atoms with Crippen LogP contribution in [0.4, 0.5) is 0 Å². The van der Waals surface area contributed by atoms with Gasteiger partial charge in [0.15, 0.2) is 0 Å². The maximum absolute atomic E-state index is 12.8. The van der Waals surface area contributed by atoms with Crippen molar-refractivity contribution < 1.29 is 19.1 Å². The van der Waals surface area contributed by atoms with Crippen molar-refractivity contribution in [3.8, 4) is 5.75 Å². The number of nitrogens with one attached hydrogen (secondary N) is 1. The zero-order valence-corrected chi connectivity index (χ0v) is 15.6. The monoisotopic (exact) mass is 384 g/mol. The zero-order chi connectivity index (χ0) is 18.8. The van der Waals surface area contributed by atoms with Crippen LogP contribution in [-0.4, -0.2) is 35.6 Å². The maximum atomic E-state index is 12.8. The standard InChI is InChI=1S/C20H20N2O4S/c23-10-13-4-6-14(7-5-13)26-11-18-15-9-22(20(25)16(15)12-27-18)17-3-1-2-8-21-19(17)24/h4-7,10,12,17H,1-3,8-9,11H2,(H,21,24). The van der Waals surface area contributed by atoms with Crippen LogP contribution in [0.2, 0.25) is 0 Å². The fourth-order valence-electron chi connectivity index (χ4n) is 3.56. The van der Waals surface area contributed by atoms with Gasteiger partial charge in [0.05, 0.1) is 5.56 Å². The molecule has 7 heteroatoms. The second-order valence-electron chi connectivity index (χ2n) is 6.76. The second-order valence-corrected chi connectivity index (χ2v) is 7.73. The van der Waals surface area contributed by atoms with E-state index < -0.39 is 0 Å². The zero-order valence-electron chi connectivity index (χ0n) is 14.8. The van der Waals surface area contributed by atoms with E-state index in [0.717, 1.165) is 29.6 Å². The average Bonchev–Trinajstić information content (AvgIpc) is 3.15. The molecule has 27 heavy (non-hydrogen) atoms. The first-order valence-electron chi connectivity index (χ1n) is 9.03. The van der Waals surface area contributed by atoms with Crippen molar-refractivity contribution in [2.24, 2.45) is 0 Å². The minimum Gasteiger partial charge on any atom is -0.488 e. The Morgan fingerprint density at radius 1 is 1.22 bits per heavy atom. The molecule has 1 atom stereocenters. The second kappa shape index (κ2) is 7.52. The summed E-state index contributed by atoms with van der Waals surface area (Å²) in [5.74, 6) is 0.555. The molecule has 0 aliphatic carbocycles. The lowest BCUT2D eigenvalue weighted by molar-refractivity contribution is -0.125. The van der Waals surface area contributed by atoms with Crippen molar-refractivity contribution in [1.82, 2.24) is 10.2 Å².